The molecule has 5 rings (SSSR count). The summed E-state index contributed by atoms with van der Waals surface area (Å²) in [5.74, 6) is 2.45. The molecule has 4 atom stereocenters. The molecule has 0 N–H and O–H groups in total. The van der Waals surface area contributed by atoms with Crippen LogP contribution in [-0.4, -0.2) is 18.8 Å². The summed E-state index contributed by atoms with van der Waals surface area (Å²) in [7, 11) is 1.70. The van der Waals surface area contributed by atoms with E-state index in [0.717, 1.165) is 36.3 Å². The first-order valence-electron chi connectivity index (χ1n) is 9.67. The number of aryl methyl sites for hydroxylation is 1. The Morgan fingerprint density at radius 3 is 2.69 bits per heavy atom. The molecule has 2 heterocycles. The molecule has 0 bridgehead atoms. The van der Waals surface area contributed by atoms with E-state index in [2.05, 4.69) is 44.2 Å². The molecule has 1 fully saturated rings. The van der Waals surface area contributed by atoms with E-state index in [1.165, 1.54) is 11.1 Å². The van der Waals surface area contributed by atoms with Crippen LogP contribution in [-0.2, 0) is 11.2 Å². The summed E-state index contributed by atoms with van der Waals surface area (Å²) in [5, 5.41) is 0. The monoisotopic (exact) mass is 350 g/mol. The molecule has 26 heavy (non-hydrogen) atoms. The van der Waals surface area contributed by atoms with Gasteiger partial charge in [0.1, 0.15) is 5.60 Å². The zero-order valence-corrected chi connectivity index (χ0v) is 15.7. The summed E-state index contributed by atoms with van der Waals surface area (Å²) in [4.78, 5) is 0. The van der Waals surface area contributed by atoms with E-state index < -0.39 is 0 Å². The van der Waals surface area contributed by atoms with Gasteiger partial charge in [0.05, 0.1) is 19.3 Å². The van der Waals surface area contributed by atoms with Gasteiger partial charge >= 0.3 is 0 Å². The molecular weight excluding hydrogens is 324 g/mol. The van der Waals surface area contributed by atoms with Gasteiger partial charge in [0, 0.05) is 17.4 Å². The van der Waals surface area contributed by atoms with Crippen molar-refractivity contribution in [1.82, 2.24) is 0 Å². The fraction of sp³-hybridized carbons (Fsp3) is 0.478. The lowest BCUT2D eigenvalue weighted by molar-refractivity contribution is -0.162. The third-order valence-electron chi connectivity index (χ3n) is 6.59. The van der Waals surface area contributed by atoms with Crippen LogP contribution in [0.25, 0.3) is 0 Å². The number of ether oxygens (including phenoxy) is 3. The minimum absolute atomic E-state index is 0.0790. The molecule has 0 aromatic heterocycles. The Kier molecular flexibility index (Phi) is 3.58. The van der Waals surface area contributed by atoms with Crippen molar-refractivity contribution in [3.05, 3.63) is 59.2 Å². The van der Waals surface area contributed by atoms with E-state index in [0.29, 0.717) is 17.9 Å². The van der Waals surface area contributed by atoms with E-state index in [9.17, 15) is 0 Å². The Morgan fingerprint density at radius 1 is 1.04 bits per heavy atom. The lowest BCUT2D eigenvalue weighted by atomic mass is 9.67. The highest BCUT2D eigenvalue weighted by Gasteiger charge is 2.52. The molecule has 3 aliphatic rings. The fourth-order valence-electron chi connectivity index (χ4n) is 5.25. The van der Waals surface area contributed by atoms with Gasteiger partial charge in [-0.1, -0.05) is 36.4 Å². The van der Waals surface area contributed by atoms with Crippen molar-refractivity contribution in [2.45, 2.75) is 56.8 Å². The first-order chi connectivity index (χ1) is 12.6. The highest BCUT2D eigenvalue weighted by Crippen LogP contribution is 2.57. The summed E-state index contributed by atoms with van der Waals surface area (Å²) in [6, 6.07) is 15.0. The molecule has 1 aliphatic carbocycles. The van der Waals surface area contributed by atoms with E-state index >= 15 is 0 Å². The maximum atomic E-state index is 6.78. The number of fused-ring (bicyclic) bond motifs is 6. The Bertz CT molecular complexity index is 841. The molecule has 2 aromatic carbocycles. The van der Waals surface area contributed by atoms with Crippen LogP contribution in [0.5, 0.6) is 11.5 Å². The summed E-state index contributed by atoms with van der Waals surface area (Å²) < 4.78 is 18.8. The minimum atomic E-state index is -0.288. The standard InChI is InChI=1S/C23H26O3/c1-23(2)18-13-17-15-8-5-4-7-14(15)11-12-19(17)25-21(18)16-9-6-10-20(24-3)22(16)26-23/h4-10,17-19,21H,11-13H2,1-3H3/t17-,18-,19-,21+/m0/s1. The maximum Gasteiger partial charge on any atom is 0.167 e. The zero-order chi connectivity index (χ0) is 17.9. The van der Waals surface area contributed by atoms with Crippen molar-refractivity contribution in [2.75, 3.05) is 7.11 Å². The van der Waals surface area contributed by atoms with Crippen LogP contribution in [0.4, 0.5) is 0 Å². The smallest absolute Gasteiger partial charge is 0.167 e. The van der Waals surface area contributed by atoms with Crippen molar-refractivity contribution in [3.63, 3.8) is 0 Å². The number of rotatable bonds is 1. The first kappa shape index (κ1) is 16.2. The van der Waals surface area contributed by atoms with Crippen molar-refractivity contribution in [3.8, 4) is 11.5 Å². The van der Waals surface area contributed by atoms with Crippen molar-refractivity contribution < 1.29 is 14.2 Å². The van der Waals surface area contributed by atoms with Gasteiger partial charge in [0.15, 0.2) is 11.5 Å². The lowest BCUT2D eigenvalue weighted by Crippen LogP contribution is -2.51. The molecule has 136 valence electrons. The number of methoxy groups -OCH3 is 1. The molecule has 0 unspecified atom stereocenters. The summed E-state index contributed by atoms with van der Waals surface area (Å²) >= 11 is 0. The minimum Gasteiger partial charge on any atom is -0.493 e. The quantitative estimate of drug-likeness (QED) is 0.721. The van der Waals surface area contributed by atoms with Crippen LogP contribution in [0, 0.1) is 5.92 Å². The number of para-hydroxylation sites is 1. The Balaban J connectivity index is 1.57. The van der Waals surface area contributed by atoms with Gasteiger partial charge in [-0.15, -0.1) is 0 Å². The second-order valence-electron chi connectivity index (χ2n) is 8.37. The molecule has 3 nitrogen and oxygen atoms in total. The summed E-state index contributed by atoms with van der Waals surface area (Å²) in [6.45, 7) is 4.39. The first-order valence-corrected chi connectivity index (χ1v) is 9.67. The van der Waals surface area contributed by atoms with Crippen molar-refractivity contribution in [1.29, 1.82) is 0 Å². The predicted octanol–water partition coefficient (Wildman–Crippen LogP) is 5.04. The van der Waals surface area contributed by atoms with Gasteiger partial charge in [-0.25, -0.2) is 0 Å². The van der Waals surface area contributed by atoms with E-state index in [1.54, 1.807) is 7.11 Å². The van der Waals surface area contributed by atoms with Crippen LogP contribution < -0.4 is 9.47 Å². The SMILES string of the molecule is COc1cccc2c1OC(C)(C)[C@H]1C[C@H]3c4ccccc4CC[C@@H]3O[C@H]21. The molecule has 1 saturated heterocycles. The maximum absolute atomic E-state index is 6.78. The lowest BCUT2D eigenvalue weighted by Gasteiger charge is -2.52. The third-order valence-corrected chi connectivity index (χ3v) is 6.59. The molecule has 0 amide bonds. The van der Waals surface area contributed by atoms with Crippen LogP contribution in [0.15, 0.2) is 42.5 Å². The molecule has 2 aliphatic heterocycles. The van der Waals surface area contributed by atoms with Crippen LogP contribution in [0.2, 0.25) is 0 Å². The number of hydrogen-bond acceptors (Lipinski definition) is 3. The van der Waals surface area contributed by atoms with Gasteiger partial charge in [-0.05, 0) is 50.3 Å². The zero-order valence-electron chi connectivity index (χ0n) is 15.7. The highest BCUT2D eigenvalue weighted by atomic mass is 16.5. The normalized spacial score (nSPS) is 30.9. The summed E-state index contributed by atoms with van der Waals surface area (Å²) in [5.41, 5.74) is 3.83. The average Bonchev–Trinajstić information content (AvgIpc) is 2.66. The van der Waals surface area contributed by atoms with Gasteiger partial charge in [-0.3, -0.25) is 0 Å². The highest BCUT2D eigenvalue weighted by molar-refractivity contribution is 5.50. The molecule has 2 aromatic rings. The van der Waals surface area contributed by atoms with Crippen molar-refractivity contribution >= 4 is 0 Å². The second-order valence-corrected chi connectivity index (χ2v) is 8.37. The number of hydrogen-bond donors (Lipinski definition) is 0. The van der Waals surface area contributed by atoms with Gasteiger partial charge in [-0.2, -0.15) is 0 Å². The third kappa shape index (κ3) is 2.30. The van der Waals surface area contributed by atoms with Crippen LogP contribution >= 0.6 is 0 Å². The molecule has 0 radical (unpaired) electrons. The molecular formula is C23H26O3. The van der Waals surface area contributed by atoms with E-state index in [1.807, 2.05) is 12.1 Å². The van der Waals surface area contributed by atoms with Crippen molar-refractivity contribution in [2.24, 2.45) is 5.92 Å². The van der Waals surface area contributed by atoms with Gasteiger partial charge in [0.2, 0.25) is 0 Å². The number of benzene rings is 2. The fourth-order valence-corrected chi connectivity index (χ4v) is 5.25. The average molecular weight is 350 g/mol. The van der Waals surface area contributed by atoms with Gasteiger partial charge < -0.3 is 14.2 Å². The molecule has 0 saturated carbocycles. The van der Waals surface area contributed by atoms with E-state index in [-0.39, 0.29) is 11.7 Å². The molecule has 3 heteroatoms. The van der Waals surface area contributed by atoms with Crippen LogP contribution in [0.3, 0.4) is 0 Å². The second kappa shape index (κ2) is 5.75. The van der Waals surface area contributed by atoms with Crippen LogP contribution in [0.1, 0.15) is 55.4 Å². The Labute approximate surface area is 155 Å². The Morgan fingerprint density at radius 2 is 1.85 bits per heavy atom. The largest absolute Gasteiger partial charge is 0.493 e. The predicted molar refractivity (Wildman–Crippen MR) is 101 cm³/mol. The topological polar surface area (TPSA) is 27.7 Å². The van der Waals surface area contributed by atoms with Gasteiger partial charge in [0.25, 0.3) is 0 Å². The van der Waals surface area contributed by atoms with E-state index in [4.69, 9.17) is 14.2 Å². The summed E-state index contributed by atoms with van der Waals surface area (Å²) in [6.07, 6.45) is 3.69. The Hall–Kier alpha value is -2.00. The molecule has 0 spiro atoms.